The first kappa shape index (κ1) is 13.2. The number of fused-ring (bicyclic) bond motifs is 1. The van der Waals surface area contributed by atoms with E-state index in [-0.39, 0.29) is 6.04 Å². The van der Waals surface area contributed by atoms with Gasteiger partial charge in [-0.25, -0.2) is 4.98 Å². The minimum Gasteiger partial charge on any atom is -0.323 e. The Bertz CT molecular complexity index is 697. The molecule has 0 radical (unpaired) electrons. The first-order chi connectivity index (χ1) is 9.83. The van der Waals surface area contributed by atoms with Crippen LogP contribution in [0.5, 0.6) is 0 Å². The van der Waals surface area contributed by atoms with Crippen molar-refractivity contribution in [3.8, 4) is 0 Å². The maximum absolute atomic E-state index is 6.29. The summed E-state index contributed by atoms with van der Waals surface area (Å²) in [5.41, 5.74) is 7.46. The van der Waals surface area contributed by atoms with Crippen molar-refractivity contribution in [3.05, 3.63) is 72.4 Å². The van der Waals surface area contributed by atoms with Gasteiger partial charge in [-0.1, -0.05) is 42.5 Å². The summed E-state index contributed by atoms with van der Waals surface area (Å²) < 4.78 is 0. The molecule has 0 aliphatic rings. The summed E-state index contributed by atoms with van der Waals surface area (Å²) in [6, 6.07) is 20.7. The smallest absolute Gasteiger partial charge is 0.0960 e. The minimum atomic E-state index is 0.0200. The summed E-state index contributed by atoms with van der Waals surface area (Å²) in [7, 11) is 0. The summed E-state index contributed by atoms with van der Waals surface area (Å²) in [6.07, 6.45) is 1.81. The van der Waals surface area contributed by atoms with E-state index in [1.54, 1.807) is 11.8 Å². The van der Waals surface area contributed by atoms with Crippen molar-refractivity contribution in [2.45, 2.75) is 11.1 Å². The van der Waals surface area contributed by atoms with E-state index in [2.05, 4.69) is 47.4 Å². The van der Waals surface area contributed by atoms with Gasteiger partial charge in [0.05, 0.1) is 5.03 Å². The molecule has 0 saturated carbocycles. The molecular formula is C17H16N2S. The number of rotatable bonds is 4. The van der Waals surface area contributed by atoms with Crippen molar-refractivity contribution < 1.29 is 0 Å². The minimum absolute atomic E-state index is 0.0200. The number of benzene rings is 2. The molecule has 0 bridgehead atoms. The maximum Gasteiger partial charge on any atom is 0.0960 e. The van der Waals surface area contributed by atoms with Crippen LogP contribution >= 0.6 is 11.8 Å². The van der Waals surface area contributed by atoms with Crippen molar-refractivity contribution >= 4 is 22.5 Å². The van der Waals surface area contributed by atoms with E-state index in [1.165, 1.54) is 16.3 Å². The number of hydrogen-bond acceptors (Lipinski definition) is 3. The van der Waals surface area contributed by atoms with Crippen molar-refractivity contribution in [2.75, 3.05) is 5.75 Å². The van der Waals surface area contributed by atoms with Crippen LogP contribution in [0.3, 0.4) is 0 Å². The number of nitrogens with two attached hydrogens (primary N) is 1. The second-order valence-electron chi connectivity index (χ2n) is 4.69. The molecule has 0 aliphatic carbocycles. The molecule has 2 N–H and O–H groups in total. The summed E-state index contributed by atoms with van der Waals surface area (Å²) in [5, 5.41) is 3.51. The Labute approximate surface area is 123 Å². The molecule has 2 aromatic carbocycles. The highest BCUT2D eigenvalue weighted by atomic mass is 32.2. The van der Waals surface area contributed by atoms with Crippen LogP contribution in [-0.2, 0) is 0 Å². The van der Waals surface area contributed by atoms with E-state index in [1.807, 2.05) is 24.4 Å². The summed E-state index contributed by atoms with van der Waals surface area (Å²) in [6.45, 7) is 0. The molecule has 1 heterocycles. The molecular weight excluding hydrogens is 264 g/mol. The maximum atomic E-state index is 6.29. The van der Waals surface area contributed by atoms with Crippen molar-refractivity contribution in [1.82, 2.24) is 4.98 Å². The predicted octanol–water partition coefficient (Wildman–Crippen LogP) is 4.03. The van der Waals surface area contributed by atoms with Crippen LogP contribution in [0.4, 0.5) is 0 Å². The Kier molecular flexibility index (Phi) is 4.00. The first-order valence-electron chi connectivity index (χ1n) is 6.61. The van der Waals surface area contributed by atoms with Gasteiger partial charge < -0.3 is 5.73 Å². The van der Waals surface area contributed by atoms with Crippen LogP contribution in [0.1, 0.15) is 11.6 Å². The molecule has 0 fully saturated rings. The van der Waals surface area contributed by atoms with Crippen LogP contribution in [0.2, 0.25) is 0 Å². The van der Waals surface area contributed by atoms with Crippen molar-refractivity contribution in [2.24, 2.45) is 5.73 Å². The summed E-state index contributed by atoms with van der Waals surface area (Å²) >= 11 is 1.69. The normalized spacial score (nSPS) is 12.4. The van der Waals surface area contributed by atoms with Gasteiger partial charge in [-0.05, 0) is 34.5 Å². The number of nitrogens with zero attached hydrogens (tertiary/aromatic N) is 1. The van der Waals surface area contributed by atoms with Gasteiger partial charge in [-0.15, -0.1) is 11.8 Å². The number of hydrogen-bond donors (Lipinski definition) is 1. The predicted molar refractivity (Wildman–Crippen MR) is 85.8 cm³/mol. The molecule has 2 nitrogen and oxygen atoms in total. The quantitative estimate of drug-likeness (QED) is 0.733. The molecule has 3 aromatic rings. The van der Waals surface area contributed by atoms with Crippen LogP contribution in [0, 0.1) is 0 Å². The van der Waals surface area contributed by atoms with E-state index >= 15 is 0 Å². The monoisotopic (exact) mass is 280 g/mol. The van der Waals surface area contributed by atoms with E-state index in [0.29, 0.717) is 0 Å². The first-order valence-corrected chi connectivity index (χ1v) is 7.59. The highest BCUT2D eigenvalue weighted by Gasteiger charge is 2.07. The Balaban J connectivity index is 1.73. The Morgan fingerprint density at radius 1 is 0.950 bits per heavy atom. The second kappa shape index (κ2) is 6.07. The Morgan fingerprint density at radius 2 is 1.75 bits per heavy atom. The van der Waals surface area contributed by atoms with E-state index in [9.17, 15) is 0 Å². The lowest BCUT2D eigenvalue weighted by molar-refractivity contribution is 0.832. The fourth-order valence-corrected chi connectivity index (χ4v) is 3.00. The molecule has 0 aliphatic heterocycles. The summed E-state index contributed by atoms with van der Waals surface area (Å²) in [4.78, 5) is 4.30. The number of thioether (sulfide) groups is 1. The molecule has 0 spiro atoms. The van der Waals surface area contributed by atoms with Crippen LogP contribution in [0.25, 0.3) is 10.8 Å². The van der Waals surface area contributed by atoms with Crippen molar-refractivity contribution in [3.63, 3.8) is 0 Å². The average molecular weight is 280 g/mol. The Hall–Kier alpha value is -1.84. The lowest BCUT2D eigenvalue weighted by Crippen LogP contribution is -2.12. The molecule has 1 unspecified atom stereocenters. The molecule has 1 aromatic heterocycles. The molecule has 100 valence electrons. The fourth-order valence-electron chi connectivity index (χ4n) is 2.14. The van der Waals surface area contributed by atoms with E-state index in [4.69, 9.17) is 5.73 Å². The summed E-state index contributed by atoms with van der Waals surface area (Å²) in [5.74, 6) is 0.829. The van der Waals surface area contributed by atoms with E-state index < -0.39 is 0 Å². The van der Waals surface area contributed by atoms with Crippen LogP contribution in [0.15, 0.2) is 71.9 Å². The average Bonchev–Trinajstić information content (AvgIpc) is 2.53. The lowest BCUT2D eigenvalue weighted by atomic mass is 10.0. The fraction of sp³-hybridized carbons (Fsp3) is 0.118. The van der Waals surface area contributed by atoms with Gasteiger partial charge in [0.1, 0.15) is 0 Å². The number of aromatic nitrogens is 1. The third-order valence-electron chi connectivity index (χ3n) is 3.25. The Morgan fingerprint density at radius 3 is 2.55 bits per heavy atom. The number of pyridine rings is 1. The molecule has 20 heavy (non-hydrogen) atoms. The van der Waals surface area contributed by atoms with Crippen LogP contribution in [-0.4, -0.2) is 10.7 Å². The van der Waals surface area contributed by atoms with Gasteiger partial charge in [0, 0.05) is 18.0 Å². The molecule has 3 rings (SSSR count). The molecule has 3 heteroatoms. The molecule has 1 atom stereocenters. The molecule has 0 amide bonds. The largest absolute Gasteiger partial charge is 0.323 e. The topological polar surface area (TPSA) is 38.9 Å². The van der Waals surface area contributed by atoms with Crippen molar-refractivity contribution in [1.29, 1.82) is 0 Å². The SMILES string of the molecule is NC(CSc1ccccn1)c1ccc2ccccc2c1. The van der Waals surface area contributed by atoms with Gasteiger partial charge in [-0.2, -0.15) is 0 Å². The van der Waals surface area contributed by atoms with Gasteiger partial charge in [0.2, 0.25) is 0 Å². The van der Waals surface area contributed by atoms with Gasteiger partial charge in [-0.3, -0.25) is 0 Å². The third-order valence-corrected chi connectivity index (χ3v) is 4.31. The third kappa shape index (κ3) is 3.00. The highest BCUT2D eigenvalue weighted by Crippen LogP contribution is 2.24. The molecule has 0 saturated heterocycles. The standard InChI is InChI=1S/C17H16N2S/c18-16(12-20-17-7-3-4-10-19-17)15-9-8-13-5-1-2-6-14(13)11-15/h1-11,16H,12,18H2. The highest BCUT2D eigenvalue weighted by molar-refractivity contribution is 7.99. The van der Waals surface area contributed by atoms with E-state index in [0.717, 1.165) is 10.8 Å². The van der Waals surface area contributed by atoms with Gasteiger partial charge >= 0.3 is 0 Å². The second-order valence-corrected chi connectivity index (χ2v) is 5.73. The zero-order valence-corrected chi connectivity index (χ0v) is 11.9. The van der Waals surface area contributed by atoms with Gasteiger partial charge in [0.25, 0.3) is 0 Å². The zero-order chi connectivity index (χ0) is 13.8. The van der Waals surface area contributed by atoms with Gasteiger partial charge in [0.15, 0.2) is 0 Å². The lowest BCUT2D eigenvalue weighted by Gasteiger charge is -2.12. The van der Waals surface area contributed by atoms with Crippen LogP contribution < -0.4 is 5.73 Å². The zero-order valence-electron chi connectivity index (χ0n) is 11.1.